The van der Waals surface area contributed by atoms with E-state index in [1.807, 2.05) is 6.07 Å². The van der Waals surface area contributed by atoms with Crippen molar-refractivity contribution in [1.82, 2.24) is 5.32 Å². The van der Waals surface area contributed by atoms with Crippen LogP contribution in [0.2, 0.25) is 10.0 Å². The fourth-order valence-corrected chi connectivity index (χ4v) is 4.84. The van der Waals surface area contributed by atoms with Crippen molar-refractivity contribution in [2.45, 2.75) is 0 Å². The maximum absolute atomic E-state index is 12.6. The van der Waals surface area contributed by atoms with E-state index < -0.39 is 5.91 Å². The fourth-order valence-electron chi connectivity index (χ4n) is 2.94. The van der Waals surface area contributed by atoms with Crippen molar-refractivity contribution in [3.05, 3.63) is 93.3 Å². The van der Waals surface area contributed by atoms with Gasteiger partial charge in [0.05, 0.1) is 5.02 Å². The lowest BCUT2D eigenvalue weighted by atomic mass is 10.2. The van der Waals surface area contributed by atoms with Gasteiger partial charge in [0.15, 0.2) is 5.11 Å². The van der Waals surface area contributed by atoms with Gasteiger partial charge in [0.2, 0.25) is 0 Å². The molecule has 0 bridgehead atoms. The average Bonchev–Trinajstić information content (AvgIpc) is 3.11. The molecule has 5 nitrogen and oxygen atoms in total. The molecule has 0 aliphatic rings. The molecule has 0 unspecified atom stereocenters. The first-order valence-corrected chi connectivity index (χ1v) is 11.3. The molecule has 3 aromatic carbocycles. The second-order valence-corrected chi connectivity index (χ2v) is 8.97. The third kappa shape index (κ3) is 5.08. The Morgan fingerprint density at radius 2 is 1.47 bits per heavy atom. The first-order valence-electron chi connectivity index (χ1n) is 9.37. The van der Waals surface area contributed by atoms with Gasteiger partial charge in [-0.2, -0.15) is 0 Å². The van der Waals surface area contributed by atoms with Gasteiger partial charge in [-0.3, -0.25) is 14.9 Å². The molecule has 0 spiro atoms. The molecule has 160 valence electrons. The molecule has 0 atom stereocenters. The predicted molar refractivity (Wildman–Crippen MR) is 136 cm³/mol. The molecule has 2 amide bonds. The van der Waals surface area contributed by atoms with Gasteiger partial charge < -0.3 is 10.6 Å². The van der Waals surface area contributed by atoms with Crippen LogP contribution < -0.4 is 16.0 Å². The number of hydrogen-bond donors (Lipinski definition) is 3. The van der Waals surface area contributed by atoms with Crippen LogP contribution in [0.4, 0.5) is 11.4 Å². The zero-order chi connectivity index (χ0) is 22.7. The summed E-state index contributed by atoms with van der Waals surface area (Å²) in [5.74, 6) is -0.604. The lowest BCUT2D eigenvalue weighted by Crippen LogP contribution is -2.33. The normalized spacial score (nSPS) is 10.6. The standard InChI is InChI=1S/C23H15Cl2N3O2S2/c24-14-6-11-17-18(12-14)32-20(19(17)25)22(30)28-23(31)27-16-9-7-15(8-10-16)26-21(29)13-4-2-1-3-5-13/h1-12H,(H,26,29)(H2,27,28,30,31). The number of carbonyl (C=O) groups excluding carboxylic acids is 2. The maximum Gasteiger partial charge on any atom is 0.269 e. The highest BCUT2D eigenvalue weighted by Gasteiger charge is 2.18. The van der Waals surface area contributed by atoms with Crippen molar-refractivity contribution in [2.75, 3.05) is 10.6 Å². The van der Waals surface area contributed by atoms with Gasteiger partial charge in [-0.1, -0.05) is 47.5 Å². The molecular weight excluding hydrogens is 485 g/mol. The van der Waals surface area contributed by atoms with Crippen LogP contribution in [0.15, 0.2) is 72.8 Å². The van der Waals surface area contributed by atoms with Gasteiger partial charge >= 0.3 is 0 Å². The molecule has 0 aliphatic heterocycles. The summed E-state index contributed by atoms with van der Waals surface area (Å²) in [7, 11) is 0. The molecule has 0 aliphatic carbocycles. The number of fused-ring (bicyclic) bond motifs is 1. The van der Waals surface area contributed by atoms with E-state index in [9.17, 15) is 9.59 Å². The highest BCUT2D eigenvalue weighted by Crippen LogP contribution is 2.36. The van der Waals surface area contributed by atoms with E-state index in [1.54, 1.807) is 66.7 Å². The minimum Gasteiger partial charge on any atom is -0.332 e. The topological polar surface area (TPSA) is 70.2 Å². The van der Waals surface area contributed by atoms with E-state index in [0.717, 1.165) is 10.1 Å². The molecule has 3 N–H and O–H groups in total. The summed E-state index contributed by atoms with van der Waals surface area (Å²) >= 11 is 18.9. The molecule has 4 aromatic rings. The second kappa shape index (κ2) is 9.67. The third-order valence-electron chi connectivity index (χ3n) is 4.46. The van der Waals surface area contributed by atoms with Crippen molar-refractivity contribution in [3.8, 4) is 0 Å². The average molecular weight is 500 g/mol. The van der Waals surface area contributed by atoms with Crippen LogP contribution in [0.5, 0.6) is 0 Å². The van der Waals surface area contributed by atoms with Crippen molar-refractivity contribution < 1.29 is 9.59 Å². The molecule has 9 heteroatoms. The Bertz CT molecular complexity index is 1320. The number of amides is 2. The molecule has 1 heterocycles. The summed E-state index contributed by atoms with van der Waals surface area (Å²) in [6.07, 6.45) is 0. The minimum atomic E-state index is -0.406. The van der Waals surface area contributed by atoms with Gasteiger partial charge in [-0.15, -0.1) is 11.3 Å². The van der Waals surface area contributed by atoms with Gasteiger partial charge in [-0.25, -0.2) is 0 Å². The van der Waals surface area contributed by atoms with Crippen molar-refractivity contribution in [2.24, 2.45) is 0 Å². The van der Waals surface area contributed by atoms with E-state index >= 15 is 0 Å². The summed E-state index contributed by atoms with van der Waals surface area (Å²) in [4.78, 5) is 25.2. The summed E-state index contributed by atoms with van der Waals surface area (Å²) < 4.78 is 0.819. The minimum absolute atomic E-state index is 0.127. The number of halogens is 2. The molecule has 0 fully saturated rings. The molecule has 1 aromatic heterocycles. The van der Waals surface area contributed by atoms with Crippen molar-refractivity contribution >= 4 is 85.1 Å². The van der Waals surface area contributed by atoms with Gasteiger partial charge in [0.25, 0.3) is 11.8 Å². The number of thiophene rings is 1. The lowest BCUT2D eigenvalue weighted by Gasteiger charge is -2.10. The number of carbonyl (C=O) groups is 2. The molecule has 0 saturated heterocycles. The first-order chi connectivity index (χ1) is 15.4. The third-order valence-corrected chi connectivity index (χ3v) is 6.56. The van der Waals surface area contributed by atoms with Crippen LogP contribution >= 0.6 is 46.8 Å². The number of thiocarbonyl (C=S) groups is 1. The predicted octanol–water partition coefficient (Wildman–Crippen LogP) is 6.59. The van der Waals surface area contributed by atoms with Crippen LogP contribution in [0.3, 0.4) is 0 Å². The highest BCUT2D eigenvalue weighted by atomic mass is 35.5. The summed E-state index contributed by atoms with van der Waals surface area (Å²) in [6, 6.07) is 21.2. The highest BCUT2D eigenvalue weighted by molar-refractivity contribution is 7.80. The smallest absolute Gasteiger partial charge is 0.269 e. The number of benzene rings is 3. The molecule has 4 rings (SSSR count). The van der Waals surface area contributed by atoms with Crippen LogP contribution in [-0.4, -0.2) is 16.9 Å². The lowest BCUT2D eigenvalue weighted by molar-refractivity contribution is 0.0980. The fraction of sp³-hybridized carbons (Fsp3) is 0. The van der Waals surface area contributed by atoms with Crippen LogP contribution in [0, 0.1) is 0 Å². The van der Waals surface area contributed by atoms with Crippen LogP contribution in [0.25, 0.3) is 10.1 Å². The summed E-state index contributed by atoms with van der Waals surface area (Å²) in [5, 5.41) is 10.2. The monoisotopic (exact) mass is 499 g/mol. The second-order valence-electron chi connectivity index (χ2n) is 6.69. The van der Waals surface area contributed by atoms with E-state index in [0.29, 0.717) is 31.9 Å². The Balaban J connectivity index is 1.37. The zero-order valence-electron chi connectivity index (χ0n) is 16.3. The molecule has 32 heavy (non-hydrogen) atoms. The number of rotatable bonds is 4. The molecule has 0 radical (unpaired) electrons. The Hall–Kier alpha value is -2.97. The summed E-state index contributed by atoms with van der Waals surface area (Å²) in [5.41, 5.74) is 1.86. The van der Waals surface area contributed by atoms with E-state index in [-0.39, 0.29) is 11.0 Å². The van der Waals surface area contributed by atoms with Gasteiger partial charge in [0.1, 0.15) is 4.88 Å². The number of nitrogens with one attached hydrogen (secondary N) is 3. The quantitative estimate of drug-likeness (QED) is 0.277. The Morgan fingerprint density at radius 3 is 2.16 bits per heavy atom. The van der Waals surface area contributed by atoms with E-state index in [1.165, 1.54) is 11.3 Å². The summed E-state index contributed by atoms with van der Waals surface area (Å²) in [6.45, 7) is 0. The maximum atomic E-state index is 12.6. The first kappa shape index (κ1) is 22.2. The van der Waals surface area contributed by atoms with Crippen LogP contribution in [-0.2, 0) is 0 Å². The Labute approximate surface area is 203 Å². The SMILES string of the molecule is O=C(Nc1ccc(NC(=S)NC(=O)c2sc3cc(Cl)ccc3c2Cl)cc1)c1ccccc1. The molecular formula is C23H15Cl2N3O2S2. The van der Waals surface area contributed by atoms with Crippen LogP contribution in [0.1, 0.15) is 20.0 Å². The van der Waals surface area contributed by atoms with Gasteiger partial charge in [0, 0.05) is 32.0 Å². The number of anilines is 2. The van der Waals surface area contributed by atoms with Crippen molar-refractivity contribution in [1.29, 1.82) is 0 Å². The Kier molecular flexibility index (Phi) is 6.72. The number of hydrogen-bond acceptors (Lipinski definition) is 4. The van der Waals surface area contributed by atoms with Crippen molar-refractivity contribution in [3.63, 3.8) is 0 Å². The zero-order valence-corrected chi connectivity index (χ0v) is 19.5. The van der Waals surface area contributed by atoms with E-state index in [4.69, 9.17) is 35.4 Å². The Morgan fingerprint density at radius 1 is 0.812 bits per heavy atom. The largest absolute Gasteiger partial charge is 0.332 e. The van der Waals surface area contributed by atoms with E-state index in [2.05, 4.69) is 16.0 Å². The molecule has 0 saturated carbocycles. The van der Waals surface area contributed by atoms with Gasteiger partial charge in [-0.05, 0) is 60.7 Å².